The van der Waals surface area contributed by atoms with Gasteiger partial charge in [-0.25, -0.2) is 9.18 Å². The Bertz CT molecular complexity index is 535. The monoisotopic (exact) mass is 332 g/mol. The molecule has 0 saturated carbocycles. The molecule has 1 unspecified atom stereocenters. The van der Waals surface area contributed by atoms with Crippen LogP contribution in [0.5, 0.6) is 0 Å². The molecule has 0 aliphatic carbocycles. The van der Waals surface area contributed by atoms with E-state index in [0.717, 1.165) is 0 Å². The molecule has 8 heteroatoms. The van der Waals surface area contributed by atoms with Gasteiger partial charge in [0.15, 0.2) is 0 Å². The summed E-state index contributed by atoms with van der Waals surface area (Å²) in [6, 6.07) is 2.51. The van der Waals surface area contributed by atoms with Gasteiger partial charge in [-0.1, -0.05) is 6.07 Å². The largest absolute Gasteiger partial charge is 0.480 e. The number of hydrogen-bond donors (Lipinski definition) is 3. The lowest BCUT2D eigenvalue weighted by Gasteiger charge is -2.13. The summed E-state index contributed by atoms with van der Waals surface area (Å²) in [4.78, 5) is 33.2. The second kappa shape index (κ2) is 6.28. The molecule has 6 nitrogen and oxygen atoms in total. The van der Waals surface area contributed by atoms with Gasteiger partial charge in [0, 0.05) is 0 Å². The highest BCUT2D eigenvalue weighted by Gasteiger charge is 2.24. The van der Waals surface area contributed by atoms with E-state index in [2.05, 4.69) is 15.9 Å². The molecule has 1 atom stereocenters. The molecule has 0 heterocycles. The van der Waals surface area contributed by atoms with Gasteiger partial charge in [0.05, 0.1) is 16.5 Å². The van der Waals surface area contributed by atoms with E-state index in [1.54, 1.807) is 0 Å². The average Bonchev–Trinajstić information content (AvgIpc) is 2.31. The number of halogens is 2. The average molecular weight is 333 g/mol. The molecule has 19 heavy (non-hydrogen) atoms. The number of carboxylic acids is 1. The van der Waals surface area contributed by atoms with E-state index < -0.39 is 36.1 Å². The Morgan fingerprint density at radius 3 is 2.58 bits per heavy atom. The SMILES string of the molecule is NC(=O)CC(NC(=O)c1cccc(Br)c1F)C(=O)O. The lowest BCUT2D eigenvalue weighted by molar-refractivity contribution is -0.140. The van der Waals surface area contributed by atoms with Crippen molar-refractivity contribution >= 4 is 33.7 Å². The minimum Gasteiger partial charge on any atom is -0.480 e. The number of amides is 2. The summed E-state index contributed by atoms with van der Waals surface area (Å²) in [6.45, 7) is 0. The Balaban J connectivity index is 2.91. The molecule has 1 aromatic carbocycles. The Hall–Kier alpha value is -1.96. The standard InChI is InChI=1S/C11H10BrFN2O4/c12-6-3-1-2-5(9(6)13)10(17)15-7(11(18)19)4-8(14)16/h1-3,7H,4H2,(H2,14,16)(H,15,17)(H,18,19). The molecule has 1 aromatic rings. The number of hydrogen-bond acceptors (Lipinski definition) is 3. The van der Waals surface area contributed by atoms with Crippen molar-refractivity contribution in [3.05, 3.63) is 34.1 Å². The van der Waals surface area contributed by atoms with Crippen LogP contribution in [-0.2, 0) is 9.59 Å². The highest BCUT2D eigenvalue weighted by Crippen LogP contribution is 2.18. The number of carboxylic acid groups (broad SMARTS) is 1. The lowest BCUT2D eigenvalue weighted by Crippen LogP contribution is -2.43. The van der Waals surface area contributed by atoms with Gasteiger partial charge in [-0.05, 0) is 28.1 Å². The van der Waals surface area contributed by atoms with Crippen LogP contribution < -0.4 is 11.1 Å². The zero-order valence-corrected chi connectivity index (χ0v) is 11.1. The van der Waals surface area contributed by atoms with Crippen molar-refractivity contribution in [3.8, 4) is 0 Å². The molecule has 0 fully saturated rings. The molecule has 0 aliphatic rings. The molecule has 0 saturated heterocycles. The van der Waals surface area contributed by atoms with E-state index in [1.807, 2.05) is 5.32 Å². The first-order valence-corrected chi connectivity index (χ1v) is 5.88. The summed E-state index contributed by atoms with van der Waals surface area (Å²) in [5.41, 5.74) is 4.54. The quantitative estimate of drug-likeness (QED) is 0.735. The highest BCUT2D eigenvalue weighted by molar-refractivity contribution is 9.10. The predicted molar refractivity (Wildman–Crippen MR) is 66.8 cm³/mol. The predicted octanol–water partition coefficient (Wildman–Crippen LogP) is 0.647. The number of primary amides is 1. The molecule has 0 aliphatic heterocycles. The van der Waals surface area contributed by atoms with Gasteiger partial charge in [-0.3, -0.25) is 9.59 Å². The van der Waals surface area contributed by atoms with Crippen molar-refractivity contribution in [2.75, 3.05) is 0 Å². The normalized spacial score (nSPS) is 11.7. The molecule has 4 N–H and O–H groups in total. The summed E-state index contributed by atoms with van der Waals surface area (Å²) in [6.07, 6.45) is -0.573. The van der Waals surface area contributed by atoms with Gasteiger partial charge < -0.3 is 16.2 Å². The van der Waals surface area contributed by atoms with Crippen LogP contribution in [0.1, 0.15) is 16.8 Å². The highest BCUT2D eigenvalue weighted by atomic mass is 79.9. The Labute approximate surface area is 115 Å². The third-order valence-electron chi connectivity index (χ3n) is 2.20. The number of carbonyl (C=O) groups excluding carboxylic acids is 2. The van der Waals surface area contributed by atoms with Crippen LogP contribution in [-0.4, -0.2) is 28.9 Å². The van der Waals surface area contributed by atoms with E-state index in [0.29, 0.717) is 0 Å². The van der Waals surface area contributed by atoms with Crippen LogP contribution in [0.4, 0.5) is 4.39 Å². The first kappa shape index (κ1) is 15.1. The Kier molecular flexibility index (Phi) is 4.99. The third kappa shape index (κ3) is 4.02. The van der Waals surface area contributed by atoms with Crippen LogP contribution in [0.25, 0.3) is 0 Å². The fourth-order valence-corrected chi connectivity index (χ4v) is 1.68. The molecule has 102 valence electrons. The summed E-state index contributed by atoms with van der Waals surface area (Å²) >= 11 is 2.90. The summed E-state index contributed by atoms with van der Waals surface area (Å²) < 4.78 is 13.7. The number of benzene rings is 1. The smallest absolute Gasteiger partial charge is 0.326 e. The number of carbonyl (C=O) groups is 3. The van der Waals surface area contributed by atoms with E-state index in [4.69, 9.17) is 10.8 Å². The number of aliphatic carboxylic acids is 1. The zero-order chi connectivity index (χ0) is 14.6. The fraction of sp³-hybridized carbons (Fsp3) is 0.182. The summed E-state index contributed by atoms with van der Waals surface area (Å²) in [5, 5.41) is 10.8. The van der Waals surface area contributed by atoms with E-state index in [9.17, 15) is 18.8 Å². The maximum Gasteiger partial charge on any atom is 0.326 e. The van der Waals surface area contributed by atoms with Crippen LogP contribution in [0.15, 0.2) is 22.7 Å². The van der Waals surface area contributed by atoms with Crippen LogP contribution in [0, 0.1) is 5.82 Å². The van der Waals surface area contributed by atoms with Crippen molar-refractivity contribution in [2.45, 2.75) is 12.5 Å². The fourth-order valence-electron chi connectivity index (χ4n) is 1.32. The van der Waals surface area contributed by atoms with Gasteiger partial charge >= 0.3 is 5.97 Å². The zero-order valence-electron chi connectivity index (χ0n) is 9.52. The van der Waals surface area contributed by atoms with Gasteiger partial charge in [0.2, 0.25) is 5.91 Å². The van der Waals surface area contributed by atoms with E-state index >= 15 is 0 Å². The van der Waals surface area contributed by atoms with Crippen molar-refractivity contribution < 1.29 is 23.9 Å². The summed E-state index contributed by atoms with van der Waals surface area (Å²) in [5.74, 6) is -4.07. The molecule has 2 amide bonds. The molecule has 0 aromatic heterocycles. The van der Waals surface area contributed by atoms with Crippen molar-refractivity contribution in [2.24, 2.45) is 5.73 Å². The van der Waals surface area contributed by atoms with Gasteiger partial charge in [0.25, 0.3) is 5.91 Å². The molecule has 0 radical (unpaired) electrons. The Morgan fingerprint density at radius 1 is 1.42 bits per heavy atom. The number of nitrogens with one attached hydrogen (secondary N) is 1. The second-order valence-corrected chi connectivity index (χ2v) is 4.49. The number of nitrogens with two attached hydrogens (primary N) is 1. The second-order valence-electron chi connectivity index (χ2n) is 3.64. The van der Waals surface area contributed by atoms with Crippen LogP contribution in [0.2, 0.25) is 0 Å². The van der Waals surface area contributed by atoms with Crippen molar-refractivity contribution in [1.82, 2.24) is 5.32 Å². The molecular formula is C11H10BrFN2O4. The maximum absolute atomic E-state index is 13.6. The van der Waals surface area contributed by atoms with Crippen LogP contribution in [0.3, 0.4) is 0 Å². The minimum atomic E-state index is -1.50. The van der Waals surface area contributed by atoms with Gasteiger partial charge in [-0.15, -0.1) is 0 Å². The first-order valence-electron chi connectivity index (χ1n) is 5.09. The van der Waals surface area contributed by atoms with E-state index in [-0.39, 0.29) is 10.0 Å². The topological polar surface area (TPSA) is 109 Å². The molecule has 0 bridgehead atoms. The van der Waals surface area contributed by atoms with Crippen molar-refractivity contribution in [3.63, 3.8) is 0 Å². The third-order valence-corrected chi connectivity index (χ3v) is 2.82. The van der Waals surface area contributed by atoms with Gasteiger partial charge in [-0.2, -0.15) is 0 Å². The van der Waals surface area contributed by atoms with Gasteiger partial charge in [0.1, 0.15) is 11.9 Å². The van der Waals surface area contributed by atoms with Crippen LogP contribution >= 0.6 is 15.9 Å². The van der Waals surface area contributed by atoms with Crippen molar-refractivity contribution in [1.29, 1.82) is 0 Å². The Morgan fingerprint density at radius 2 is 2.05 bits per heavy atom. The minimum absolute atomic E-state index is 0.0712. The molecule has 1 rings (SSSR count). The molecular weight excluding hydrogens is 323 g/mol. The lowest BCUT2D eigenvalue weighted by atomic mass is 10.1. The summed E-state index contributed by atoms with van der Waals surface area (Å²) in [7, 11) is 0. The molecule has 0 spiro atoms. The maximum atomic E-state index is 13.6. The first-order chi connectivity index (χ1) is 8.82. The number of rotatable bonds is 5. The van der Waals surface area contributed by atoms with E-state index in [1.165, 1.54) is 18.2 Å².